The van der Waals surface area contributed by atoms with E-state index in [2.05, 4.69) is 91.5 Å². The molecule has 4 heterocycles. The van der Waals surface area contributed by atoms with Crippen LogP contribution in [0.1, 0.15) is 40.7 Å². The molecule has 8 rings (SSSR count). The lowest BCUT2D eigenvalue weighted by Gasteiger charge is -2.13. The highest BCUT2D eigenvalue weighted by molar-refractivity contribution is 9.09. The molecule has 0 fully saturated rings. The summed E-state index contributed by atoms with van der Waals surface area (Å²) in [5, 5.41) is 20.7. The number of hydrogen-bond acceptors (Lipinski definition) is 12. The predicted octanol–water partition coefficient (Wildman–Crippen LogP) is 8.88. The second kappa shape index (κ2) is 25.8. The smallest absolute Gasteiger partial charge is 0.442 e. The van der Waals surface area contributed by atoms with Gasteiger partial charge in [0.25, 0.3) is 11.1 Å². The van der Waals surface area contributed by atoms with Gasteiger partial charge in [0.1, 0.15) is 28.8 Å². The van der Waals surface area contributed by atoms with Gasteiger partial charge in [-0.25, -0.2) is 9.59 Å². The van der Waals surface area contributed by atoms with Gasteiger partial charge in [-0.3, -0.25) is 32.4 Å². The Hall–Kier alpha value is -6.48. The van der Waals surface area contributed by atoms with Crippen LogP contribution in [0.15, 0.2) is 121 Å². The molecular formula is C49H46Br3F6N7O10. The van der Waals surface area contributed by atoms with Crippen molar-refractivity contribution in [2.24, 2.45) is 19.1 Å². The number of benzene rings is 4. The third-order valence-electron chi connectivity index (χ3n) is 10.8. The van der Waals surface area contributed by atoms with Gasteiger partial charge in [-0.05, 0) is 59.4 Å². The number of alkyl halides is 9. The molecule has 0 aliphatic carbocycles. The Morgan fingerprint density at radius 1 is 0.587 bits per heavy atom. The first-order valence-electron chi connectivity index (χ1n) is 22.4. The van der Waals surface area contributed by atoms with Crippen molar-refractivity contribution in [3.05, 3.63) is 167 Å². The number of imidazole rings is 1. The van der Waals surface area contributed by atoms with E-state index in [1.807, 2.05) is 24.3 Å². The molecule has 1 aliphatic rings. The zero-order chi connectivity index (χ0) is 54.6. The highest BCUT2D eigenvalue weighted by Crippen LogP contribution is 2.31. The number of halogens is 9. The third kappa shape index (κ3) is 15.3. The second-order valence-electron chi connectivity index (χ2n) is 16.2. The lowest BCUT2D eigenvalue weighted by atomic mass is 10.1. The maximum Gasteiger partial charge on any atom is 0.573 e. The van der Waals surface area contributed by atoms with Gasteiger partial charge in [-0.15, -0.1) is 26.3 Å². The first-order valence-corrected chi connectivity index (χ1v) is 25.8. The van der Waals surface area contributed by atoms with E-state index < -0.39 is 46.7 Å². The number of aliphatic hydroxyl groups is 2. The number of aromatic nitrogens is 6. The molecule has 75 heavy (non-hydrogen) atoms. The topological polar surface area (TPSA) is 196 Å². The molecule has 400 valence electrons. The van der Waals surface area contributed by atoms with Crippen LogP contribution in [-0.4, -0.2) is 69.9 Å². The van der Waals surface area contributed by atoms with Gasteiger partial charge in [0.15, 0.2) is 11.2 Å². The SMILES string of the molecule is BrCc1ccc(CBr)cc1.Cn1c(=O)n(CCCO)c(=O)c2c1nc(Oc1cccc(OC(F)(F)F)c1)n2Cc1ccc(CBr)cc1.Cn1c2c(c(=O)n(CCCO)c1=O)CC(Oc1cccc(OC(F)(F)F)c1)=N2. The fourth-order valence-electron chi connectivity index (χ4n) is 7.26. The van der Waals surface area contributed by atoms with Crippen molar-refractivity contribution in [1.82, 2.24) is 27.8 Å². The average molecular weight is 1250 g/mol. The van der Waals surface area contributed by atoms with Gasteiger partial charge in [0.2, 0.25) is 5.90 Å². The zero-order valence-corrected chi connectivity index (χ0v) is 44.5. The van der Waals surface area contributed by atoms with Crippen LogP contribution in [0.4, 0.5) is 32.2 Å². The average Bonchev–Trinajstić information content (AvgIpc) is 3.97. The molecule has 17 nitrogen and oxygen atoms in total. The lowest BCUT2D eigenvalue weighted by molar-refractivity contribution is -0.275. The summed E-state index contributed by atoms with van der Waals surface area (Å²) >= 11 is 10.2. The Kier molecular flexibility index (Phi) is 19.9. The normalized spacial score (nSPS) is 12.0. The molecule has 0 amide bonds. The number of rotatable bonds is 16. The van der Waals surface area contributed by atoms with Crippen molar-refractivity contribution in [3.8, 4) is 29.0 Å². The van der Waals surface area contributed by atoms with Gasteiger partial charge in [0, 0.05) is 68.5 Å². The first kappa shape index (κ1) is 57.8. The Bertz CT molecular complexity index is 3350. The van der Waals surface area contributed by atoms with E-state index in [1.54, 1.807) is 0 Å². The highest BCUT2D eigenvalue weighted by Gasteiger charge is 2.33. The van der Waals surface area contributed by atoms with Gasteiger partial charge in [0.05, 0.1) is 18.5 Å². The number of fused-ring (bicyclic) bond motifs is 2. The van der Waals surface area contributed by atoms with Crippen LogP contribution in [0.3, 0.4) is 0 Å². The van der Waals surface area contributed by atoms with E-state index in [4.69, 9.17) is 14.6 Å². The molecule has 1 aliphatic heterocycles. The Balaban J connectivity index is 0.000000211. The summed E-state index contributed by atoms with van der Waals surface area (Å²) in [7, 11) is 2.89. The Morgan fingerprint density at radius 3 is 1.49 bits per heavy atom. The second-order valence-corrected chi connectivity index (χ2v) is 17.9. The first-order chi connectivity index (χ1) is 35.7. The minimum absolute atomic E-state index is 0.00388. The minimum atomic E-state index is -4.88. The summed E-state index contributed by atoms with van der Waals surface area (Å²) < 4.78 is 100. The molecule has 0 unspecified atom stereocenters. The predicted molar refractivity (Wildman–Crippen MR) is 276 cm³/mol. The molecule has 0 saturated carbocycles. The van der Waals surface area contributed by atoms with E-state index >= 15 is 0 Å². The van der Waals surface area contributed by atoms with Crippen molar-refractivity contribution >= 4 is 70.7 Å². The molecule has 0 spiro atoms. The Morgan fingerprint density at radius 2 is 1.03 bits per heavy atom. The summed E-state index contributed by atoms with van der Waals surface area (Å²) in [4.78, 5) is 59.5. The summed E-state index contributed by atoms with van der Waals surface area (Å²) in [6.07, 6.45) is -9.31. The van der Waals surface area contributed by atoms with E-state index in [0.29, 0.717) is 5.33 Å². The molecule has 0 saturated heterocycles. The van der Waals surface area contributed by atoms with Crippen molar-refractivity contribution in [2.75, 3.05) is 13.2 Å². The van der Waals surface area contributed by atoms with Gasteiger partial charge >= 0.3 is 30.1 Å². The quantitative estimate of drug-likeness (QED) is 0.0693. The molecule has 0 atom stereocenters. The van der Waals surface area contributed by atoms with Crippen LogP contribution < -0.4 is 41.4 Å². The van der Waals surface area contributed by atoms with Crippen LogP contribution in [0.5, 0.6) is 29.0 Å². The number of aliphatic imine (C=N–C) groups is 1. The fraction of sp³-hybridized carbons (Fsp3) is 0.306. The minimum Gasteiger partial charge on any atom is -0.442 e. The standard InChI is InChI=1S/C24H22BrF3N4O5.C17H16F3N3O5.C8H8Br2/c1-30-20-19(21(34)31(23(30)35)10-3-11-33)32(14-16-8-6-15(13-25)7-9-16)22(29-20)36-17-4-2-5-18(12-17)37-24(26,27)28;1-22-14-12(15(25)23(16(22)26)6-3-7-24)9-13(21-14)27-10-4-2-5-11(8-10)28-17(18,19)20;9-5-7-1-2-8(6-10)4-3-7/h2,4-9,12,33H,3,10-11,13-14H2,1H3;2,4-5,8,24H,3,6-7,9H2,1H3;1-4H,5-6H2. The van der Waals surface area contributed by atoms with Crippen molar-refractivity contribution < 1.29 is 55.5 Å². The molecule has 2 N–H and O–H groups in total. The van der Waals surface area contributed by atoms with Crippen LogP contribution in [0.2, 0.25) is 0 Å². The van der Waals surface area contributed by atoms with E-state index in [9.17, 15) is 50.6 Å². The zero-order valence-electron chi connectivity index (χ0n) is 39.7. The summed E-state index contributed by atoms with van der Waals surface area (Å²) in [5.41, 5.74) is 2.46. The van der Waals surface area contributed by atoms with Gasteiger partial charge in [-0.1, -0.05) is 108 Å². The molecule has 0 radical (unpaired) electrons. The van der Waals surface area contributed by atoms with Crippen molar-refractivity contribution in [2.45, 2.75) is 67.6 Å². The van der Waals surface area contributed by atoms with Crippen molar-refractivity contribution in [1.29, 1.82) is 0 Å². The molecule has 7 aromatic rings. The molecule has 4 aromatic carbocycles. The highest BCUT2D eigenvalue weighted by atomic mass is 79.9. The summed E-state index contributed by atoms with van der Waals surface area (Å²) in [6, 6.07) is 25.7. The van der Waals surface area contributed by atoms with Crippen molar-refractivity contribution in [3.63, 3.8) is 0 Å². The number of nitrogens with zero attached hydrogens (tertiary/aromatic N) is 7. The third-order valence-corrected chi connectivity index (χ3v) is 12.8. The molecular weight excluding hydrogens is 1200 g/mol. The van der Waals surface area contributed by atoms with E-state index in [0.717, 1.165) is 55.2 Å². The van der Waals surface area contributed by atoms with Crippen LogP contribution >= 0.6 is 47.8 Å². The van der Waals surface area contributed by atoms with Crippen LogP contribution in [0, 0.1) is 0 Å². The number of hydrogen-bond donors (Lipinski definition) is 2. The van der Waals surface area contributed by atoms with Crippen LogP contribution in [-0.2, 0) is 56.1 Å². The number of aryl methyl sites for hydroxylation is 1. The fourth-order valence-corrected chi connectivity index (χ4v) is 8.38. The van der Waals surface area contributed by atoms with E-state index in [1.165, 1.54) is 63.2 Å². The largest absolute Gasteiger partial charge is 0.573 e. The number of ether oxygens (including phenoxy) is 4. The lowest BCUT2D eigenvalue weighted by Crippen LogP contribution is -2.40. The van der Waals surface area contributed by atoms with Crippen LogP contribution in [0.25, 0.3) is 11.2 Å². The summed E-state index contributed by atoms with van der Waals surface area (Å²) in [5.74, 6) is -0.728. The Labute approximate surface area is 447 Å². The molecule has 0 bridgehead atoms. The molecule has 3 aromatic heterocycles. The van der Waals surface area contributed by atoms with E-state index in [-0.39, 0.29) is 98.1 Å². The maximum absolute atomic E-state index is 13.4. The maximum atomic E-state index is 13.4. The molecule has 26 heteroatoms. The summed E-state index contributed by atoms with van der Waals surface area (Å²) in [6.45, 7) is -0.204. The monoisotopic (exact) mass is 1240 g/mol. The van der Waals surface area contributed by atoms with Gasteiger partial charge < -0.3 is 29.2 Å². The number of aliphatic hydroxyl groups excluding tert-OH is 2. The van der Waals surface area contributed by atoms with Gasteiger partial charge in [-0.2, -0.15) is 9.98 Å².